The van der Waals surface area contributed by atoms with Gasteiger partial charge in [0, 0.05) is 106 Å². The van der Waals surface area contributed by atoms with E-state index in [1.54, 1.807) is 25.3 Å². The maximum absolute atomic E-state index is 14.8. The molecule has 1 atom stereocenters. The Hall–Kier alpha value is -6.21. The zero-order valence-electron chi connectivity index (χ0n) is 42.2. The Bertz CT molecular complexity index is 2970. The molecule has 5 aliphatic rings. The number of amides is 1. The van der Waals surface area contributed by atoms with Gasteiger partial charge < -0.3 is 30.5 Å². The van der Waals surface area contributed by atoms with E-state index in [1.165, 1.54) is 29.5 Å². The first-order valence-electron chi connectivity index (χ1n) is 25.7. The highest BCUT2D eigenvalue weighted by atomic mass is 32.2. The van der Waals surface area contributed by atoms with E-state index >= 15 is 0 Å². The van der Waals surface area contributed by atoms with Gasteiger partial charge in [0.2, 0.25) is 0 Å². The molecular formula is C55H67FN10O6S. The molecule has 2 aromatic carbocycles. The first-order valence-corrected chi connectivity index (χ1v) is 27.2. The number of piperidine rings is 1. The Kier molecular flexibility index (Phi) is 14.2. The minimum absolute atomic E-state index is 0.0316. The predicted molar refractivity (Wildman–Crippen MR) is 279 cm³/mol. The van der Waals surface area contributed by atoms with Crippen LogP contribution >= 0.6 is 0 Å². The average Bonchev–Trinajstić information content (AvgIpc) is 3.74. The van der Waals surface area contributed by atoms with E-state index < -0.39 is 27.4 Å². The third kappa shape index (κ3) is 11.0. The number of anilines is 3. The lowest BCUT2D eigenvalue weighted by Gasteiger charge is -2.58. The van der Waals surface area contributed by atoms with E-state index in [0.717, 1.165) is 95.2 Å². The Morgan fingerprint density at radius 1 is 0.945 bits per heavy atom. The molecule has 2 aliphatic heterocycles. The normalized spacial score (nSPS) is 22.4. The number of piperazine rings is 1. The number of hydrogen-bond donors (Lipinski definition) is 4. The lowest BCUT2D eigenvalue weighted by Crippen LogP contribution is -2.60. The molecule has 1 spiro atoms. The van der Waals surface area contributed by atoms with Crippen molar-refractivity contribution in [2.45, 2.75) is 114 Å². The number of carbonyl (C=O) groups excluding carboxylic acids is 1. The topological polar surface area (TPSA) is 201 Å². The Balaban J connectivity index is 0.823. The number of halogens is 1. The number of aliphatic hydroxyl groups is 1. The highest BCUT2D eigenvalue weighted by Crippen LogP contribution is 2.53. The molecular weight excluding hydrogens is 948 g/mol. The molecule has 0 unspecified atom stereocenters. The quantitative estimate of drug-likeness (QED) is 0.0778. The van der Waals surface area contributed by atoms with Crippen LogP contribution in [0.25, 0.3) is 5.83 Å². The number of pyridine rings is 2. The van der Waals surface area contributed by atoms with Gasteiger partial charge in [-0.15, -0.1) is 0 Å². The summed E-state index contributed by atoms with van der Waals surface area (Å²) in [7, 11) is -2.87. The van der Waals surface area contributed by atoms with Crippen molar-refractivity contribution < 1.29 is 32.2 Å². The van der Waals surface area contributed by atoms with E-state index in [-0.39, 0.29) is 39.1 Å². The number of sulfonamides is 1. The number of allylic oxidation sites excluding steroid dienone is 1. The number of rotatable bonds is 15. The number of nitrogens with two attached hydrogens (primary N) is 1. The van der Waals surface area contributed by atoms with Crippen LogP contribution < -0.4 is 30.1 Å². The molecule has 386 valence electrons. The van der Waals surface area contributed by atoms with Crippen LogP contribution in [-0.2, 0) is 23.0 Å². The lowest BCUT2D eigenvalue weighted by molar-refractivity contribution is -0.0628. The second-order valence-electron chi connectivity index (χ2n) is 21.5. The molecule has 0 bridgehead atoms. The van der Waals surface area contributed by atoms with Crippen molar-refractivity contribution in [3.05, 3.63) is 119 Å². The van der Waals surface area contributed by atoms with E-state index in [2.05, 4.69) is 82.8 Å². The van der Waals surface area contributed by atoms with E-state index in [1.807, 2.05) is 25.4 Å². The first kappa shape index (κ1) is 50.3. The number of benzene rings is 2. The maximum Gasteiger partial charge on any atom is 0.316 e. The molecule has 5 N–H and O–H groups in total. The van der Waals surface area contributed by atoms with Crippen LogP contribution in [0.1, 0.15) is 122 Å². The second kappa shape index (κ2) is 20.6. The Labute approximate surface area is 427 Å². The van der Waals surface area contributed by atoms with E-state index in [9.17, 15) is 22.7 Å². The predicted octanol–water partition coefficient (Wildman–Crippen LogP) is 8.42. The number of fused-ring (bicyclic) bond motifs is 1. The Morgan fingerprint density at radius 2 is 1.70 bits per heavy atom. The van der Waals surface area contributed by atoms with Crippen molar-refractivity contribution in [3.63, 3.8) is 0 Å². The highest BCUT2D eigenvalue weighted by molar-refractivity contribution is 7.90. The van der Waals surface area contributed by atoms with Gasteiger partial charge in [0.05, 0.1) is 35.9 Å². The standard InChI is InChI=1S/C55H67FN10O6S/c1-35(2)42-7-5-6-8-43(42)49-34-64(33-37-29-61-53(71-4)62-30-37)21-22-66(49)39-26-55(27-39)17-19-65(20-18-55)38-9-10-44(50(23-38)72-40-24-45-46(56)11-12-48(45)58-31-40)52(67)63-73(69,70)41-25-47(57)51(60-32-41)59-28-36-13-15-54(3,68)16-14-36/h5-11,23-25,29-32,35-36,39,49,68H,12-22,26-28,33-34,57H2,1-4H3,(H,59,60)(H,63,67)/t36?,49-,54?/m0/s1. The summed E-state index contributed by atoms with van der Waals surface area (Å²) in [6, 6.07) is 18.0. The summed E-state index contributed by atoms with van der Waals surface area (Å²) >= 11 is 0. The largest absolute Gasteiger partial charge is 0.467 e. The van der Waals surface area contributed by atoms with Crippen molar-refractivity contribution in [1.29, 1.82) is 0 Å². The molecule has 0 radical (unpaired) electrons. The van der Waals surface area contributed by atoms with Crippen LogP contribution in [0, 0.1) is 11.3 Å². The van der Waals surface area contributed by atoms with Gasteiger partial charge in [0.15, 0.2) is 0 Å². The number of aromatic nitrogens is 4. The number of nitrogen functional groups attached to an aromatic ring is 1. The summed E-state index contributed by atoms with van der Waals surface area (Å²) in [6.45, 7) is 12.2. The van der Waals surface area contributed by atoms with Gasteiger partial charge in [-0.2, -0.15) is 0 Å². The number of nitrogens with one attached hydrogen (secondary N) is 2. The molecule has 4 fully saturated rings. The van der Waals surface area contributed by atoms with Gasteiger partial charge in [-0.05, 0) is 117 Å². The number of ether oxygens (including phenoxy) is 2. The summed E-state index contributed by atoms with van der Waals surface area (Å²) < 4.78 is 56.0. The van der Waals surface area contributed by atoms with Crippen molar-refractivity contribution >= 4 is 38.9 Å². The third-order valence-electron chi connectivity index (χ3n) is 16.0. The lowest BCUT2D eigenvalue weighted by atomic mass is 9.59. The fourth-order valence-corrected chi connectivity index (χ4v) is 12.6. The monoisotopic (exact) mass is 1010 g/mol. The summed E-state index contributed by atoms with van der Waals surface area (Å²) in [5.74, 6) is 0.0475. The third-order valence-corrected chi connectivity index (χ3v) is 17.3. The zero-order chi connectivity index (χ0) is 51.1. The summed E-state index contributed by atoms with van der Waals surface area (Å²) in [5.41, 5.74) is 11.5. The van der Waals surface area contributed by atoms with Gasteiger partial charge in [0.25, 0.3) is 15.9 Å². The van der Waals surface area contributed by atoms with Crippen LogP contribution in [0.3, 0.4) is 0 Å². The van der Waals surface area contributed by atoms with Gasteiger partial charge in [0.1, 0.15) is 28.0 Å². The molecule has 16 nitrogen and oxygen atoms in total. The SMILES string of the molecule is COc1ncc(CN2CCN(C3CC4(CCN(c5ccc(C(=O)NS(=O)(=O)c6cnc(NCC7CCC(C)(O)CC7)c(N)c6)c(Oc6cnc7c(c6)C(F)=CC7)c5)CC4)C3)[C@H](c3ccccc3C(C)C)C2)cn1. The minimum Gasteiger partial charge on any atom is -0.467 e. The zero-order valence-corrected chi connectivity index (χ0v) is 43.0. The van der Waals surface area contributed by atoms with Crippen molar-refractivity contribution in [2.24, 2.45) is 11.3 Å². The van der Waals surface area contributed by atoms with Crippen molar-refractivity contribution in [2.75, 3.05) is 62.3 Å². The average molecular weight is 1020 g/mol. The van der Waals surface area contributed by atoms with Gasteiger partial charge >= 0.3 is 6.01 Å². The fourth-order valence-electron chi connectivity index (χ4n) is 11.7. The number of carbonyl (C=O) groups is 1. The summed E-state index contributed by atoms with van der Waals surface area (Å²) in [4.78, 5) is 38.8. The van der Waals surface area contributed by atoms with Gasteiger partial charge in [-0.25, -0.2) is 32.5 Å². The molecule has 5 aromatic rings. The molecule has 1 amide bonds. The number of hydrogen-bond acceptors (Lipinski definition) is 15. The first-order chi connectivity index (χ1) is 35.0. The highest BCUT2D eigenvalue weighted by Gasteiger charge is 2.50. The number of nitrogens with zero attached hydrogens (tertiary/aromatic N) is 7. The van der Waals surface area contributed by atoms with Crippen LogP contribution in [0.5, 0.6) is 17.5 Å². The fraction of sp³-hybridized carbons (Fsp3) is 0.473. The van der Waals surface area contributed by atoms with Crippen molar-refractivity contribution in [3.8, 4) is 17.5 Å². The van der Waals surface area contributed by atoms with E-state index in [0.29, 0.717) is 66.8 Å². The van der Waals surface area contributed by atoms with Crippen LogP contribution in [0.4, 0.5) is 21.6 Å². The van der Waals surface area contributed by atoms with Crippen molar-refractivity contribution in [1.82, 2.24) is 34.5 Å². The molecule has 18 heteroatoms. The molecule has 3 aliphatic carbocycles. The van der Waals surface area contributed by atoms with Crippen LogP contribution in [0.2, 0.25) is 0 Å². The summed E-state index contributed by atoms with van der Waals surface area (Å²) in [6.07, 6.45) is 15.5. The van der Waals surface area contributed by atoms with E-state index in [4.69, 9.17) is 15.2 Å². The minimum atomic E-state index is -4.44. The second-order valence-corrected chi connectivity index (χ2v) is 23.2. The Morgan fingerprint density at radius 3 is 2.42 bits per heavy atom. The molecule has 2 saturated heterocycles. The summed E-state index contributed by atoms with van der Waals surface area (Å²) in [5, 5.41) is 13.5. The maximum atomic E-state index is 14.8. The molecule has 3 aromatic heterocycles. The molecule has 2 saturated carbocycles. The van der Waals surface area contributed by atoms with Gasteiger partial charge in [-0.1, -0.05) is 38.1 Å². The van der Waals surface area contributed by atoms with Gasteiger partial charge in [-0.3, -0.25) is 19.6 Å². The number of methoxy groups -OCH3 is 1. The van der Waals surface area contributed by atoms with Crippen LogP contribution in [0.15, 0.2) is 90.4 Å². The van der Waals surface area contributed by atoms with Crippen LogP contribution in [-0.4, -0.2) is 107 Å². The molecule has 73 heavy (non-hydrogen) atoms. The molecule has 5 heterocycles. The molecule has 10 rings (SSSR count). The smallest absolute Gasteiger partial charge is 0.316 e.